The van der Waals surface area contributed by atoms with Gasteiger partial charge in [0.05, 0.1) is 0 Å². The fraction of sp³-hybridized carbons (Fsp3) is 0.303. The summed E-state index contributed by atoms with van der Waals surface area (Å²) in [6, 6.07) is 18.0. The highest BCUT2D eigenvalue weighted by Gasteiger charge is 2.29. The standard InChI is InChI=1S/C33H32ClNO/c34-31-17-8-7-16-29(31)32(35)22-33(36)25-14-9-13-24(18-19-25)28-15-6-2-5-12-26-20-27(21-30(26)28)23-10-3-1-4-11-23/h1-4,7-8,10-12,15-17,21,24-25,35H,6,9,13-14,18-20,22H2/b28-15+,35-32?/t5?,24?,25-/m0/s1. The zero-order valence-corrected chi connectivity index (χ0v) is 21.4. The summed E-state index contributed by atoms with van der Waals surface area (Å²) in [5.74, 6) is 0.673. The van der Waals surface area contributed by atoms with E-state index in [9.17, 15) is 4.79 Å². The van der Waals surface area contributed by atoms with E-state index in [1.54, 1.807) is 6.07 Å². The number of allylic oxidation sites excluding steroid dienone is 7. The summed E-state index contributed by atoms with van der Waals surface area (Å²) in [5.41, 5.74) is 11.2. The Morgan fingerprint density at radius 2 is 1.81 bits per heavy atom. The molecule has 2 nitrogen and oxygen atoms in total. The topological polar surface area (TPSA) is 40.9 Å². The van der Waals surface area contributed by atoms with Gasteiger partial charge < -0.3 is 5.41 Å². The Balaban J connectivity index is 1.29. The number of ketones is 1. The molecule has 0 heterocycles. The van der Waals surface area contributed by atoms with Gasteiger partial charge in [-0.1, -0.05) is 78.7 Å². The molecule has 2 aromatic rings. The van der Waals surface area contributed by atoms with Crippen LogP contribution in [0.25, 0.3) is 5.57 Å². The van der Waals surface area contributed by atoms with Crippen LogP contribution in [-0.4, -0.2) is 11.5 Å². The molecule has 2 aromatic carbocycles. The summed E-state index contributed by atoms with van der Waals surface area (Å²) in [4.78, 5) is 13.2. The maximum Gasteiger partial charge on any atom is 0.141 e. The summed E-state index contributed by atoms with van der Waals surface area (Å²) in [6.07, 6.45) is 16.0. The van der Waals surface area contributed by atoms with Crippen molar-refractivity contribution >= 4 is 28.7 Å². The van der Waals surface area contributed by atoms with E-state index in [4.69, 9.17) is 17.0 Å². The van der Waals surface area contributed by atoms with Crippen molar-refractivity contribution in [1.29, 1.82) is 5.41 Å². The van der Waals surface area contributed by atoms with Crippen molar-refractivity contribution in [3.63, 3.8) is 0 Å². The predicted octanol–water partition coefficient (Wildman–Crippen LogP) is 8.69. The predicted molar refractivity (Wildman–Crippen MR) is 149 cm³/mol. The van der Waals surface area contributed by atoms with E-state index >= 15 is 0 Å². The van der Waals surface area contributed by atoms with Gasteiger partial charge in [-0.2, -0.15) is 0 Å². The number of Topliss-reactive ketones (excluding diaryl/α,β-unsaturated/α-hetero) is 1. The van der Waals surface area contributed by atoms with Crippen LogP contribution in [0.5, 0.6) is 0 Å². The number of hydrogen-bond acceptors (Lipinski definition) is 2. The minimum Gasteiger partial charge on any atom is -0.304 e. The quantitative estimate of drug-likeness (QED) is 0.244. The van der Waals surface area contributed by atoms with Crippen LogP contribution in [0.2, 0.25) is 5.02 Å². The number of halogens is 1. The lowest BCUT2D eigenvalue weighted by molar-refractivity contribution is -0.122. The number of hydrogen-bond donors (Lipinski definition) is 1. The lowest BCUT2D eigenvalue weighted by Crippen LogP contribution is -2.18. The summed E-state index contributed by atoms with van der Waals surface area (Å²) >= 11 is 6.26. The zero-order valence-electron chi connectivity index (χ0n) is 20.6. The third-order valence-electron chi connectivity index (χ3n) is 7.75. The van der Waals surface area contributed by atoms with Crippen molar-refractivity contribution in [2.24, 2.45) is 11.8 Å². The Bertz CT molecular complexity index is 1320. The summed E-state index contributed by atoms with van der Waals surface area (Å²) in [6.45, 7) is 0. The van der Waals surface area contributed by atoms with E-state index in [1.165, 1.54) is 27.9 Å². The van der Waals surface area contributed by atoms with E-state index in [0.29, 0.717) is 22.2 Å². The van der Waals surface area contributed by atoms with Crippen molar-refractivity contribution in [2.75, 3.05) is 0 Å². The summed E-state index contributed by atoms with van der Waals surface area (Å²) < 4.78 is 0. The van der Waals surface area contributed by atoms with Crippen molar-refractivity contribution in [2.45, 2.75) is 51.4 Å². The third-order valence-corrected chi connectivity index (χ3v) is 8.08. The molecule has 182 valence electrons. The van der Waals surface area contributed by atoms with Gasteiger partial charge >= 0.3 is 0 Å². The highest BCUT2D eigenvalue weighted by atomic mass is 35.5. The average molecular weight is 494 g/mol. The Labute approximate surface area is 219 Å². The first-order valence-corrected chi connectivity index (χ1v) is 13.4. The second kappa shape index (κ2) is 11.2. The molecule has 3 heteroatoms. The van der Waals surface area contributed by atoms with E-state index in [2.05, 4.69) is 60.4 Å². The van der Waals surface area contributed by atoms with Crippen LogP contribution in [0, 0.1) is 17.2 Å². The molecule has 1 unspecified atom stereocenters. The maximum atomic E-state index is 13.2. The minimum absolute atomic E-state index is 0.0271. The number of benzene rings is 2. The molecule has 1 fully saturated rings. The monoisotopic (exact) mass is 493 g/mol. The lowest BCUT2D eigenvalue weighted by atomic mass is 9.83. The molecule has 0 radical (unpaired) electrons. The molecule has 36 heavy (non-hydrogen) atoms. The molecule has 1 N–H and O–H groups in total. The Morgan fingerprint density at radius 1 is 1.00 bits per heavy atom. The Morgan fingerprint density at radius 3 is 2.64 bits per heavy atom. The number of carbonyl (C=O) groups is 1. The molecule has 0 saturated heterocycles. The fourth-order valence-electron chi connectivity index (χ4n) is 5.82. The third kappa shape index (κ3) is 5.46. The Kier molecular flexibility index (Phi) is 7.66. The van der Waals surface area contributed by atoms with E-state index in [-0.39, 0.29) is 18.1 Å². The molecule has 5 rings (SSSR count). The second-order valence-electron chi connectivity index (χ2n) is 10.1. The van der Waals surface area contributed by atoms with Crippen LogP contribution in [0.1, 0.15) is 62.5 Å². The van der Waals surface area contributed by atoms with Crippen molar-refractivity contribution in [1.82, 2.24) is 0 Å². The van der Waals surface area contributed by atoms with Crippen LogP contribution in [0.15, 0.2) is 101 Å². The molecule has 3 aliphatic rings. The van der Waals surface area contributed by atoms with Gasteiger partial charge in [-0.05, 0) is 90.5 Å². The maximum absolute atomic E-state index is 13.2. The van der Waals surface area contributed by atoms with Gasteiger partial charge in [-0.3, -0.25) is 4.79 Å². The van der Waals surface area contributed by atoms with Crippen LogP contribution >= 0.6 is 11.6 Å². The van der Waals surface area contributed by atoms with Crippen LogP contribution < -0.4 is 0 Å². The molecule has 0 spiro atoms. The largest absolute Gasteiger partial charge is 0.304 e. The van der Waals surface area contributed by atoms with E-state index in [0.717, 1.165) is 44.9 Å². The van der Waals surface area contributed by atoms with Gasteiger partial charge in [-0.25, -0.2) is 0 Å². The SMILES string of the molecule is N=C(CC(=O)[C@H]1CCCC(/C2=C\CC=C=CC3=C2C=C(c2ccccc2)C3)CC1)c1ccccc1Cl. The zero-order chi connectivity index (χ0) is 24.9. The van der Waals surface area contributed by atoms with E-state index in [1.807, 2.05) is 18.2 Å². The first-order chi connectivity index (χ1) is 17.6. The van der Waals surface area contributed by atoms with Crippen molar-refractivity contribution in [3.8, 4) is 0 Å². The first kappa shape index (κ1) is 24.5. The molecule has 1 saturated carbocycles. The molecule has 0 bridgehead atoms. The van der Waals surface area contributed by atoms with Crippen LogP contribution in [-0.2, 0) is 4.79 Å². The molecule has 0 aliphatic heterocycles. The van der Waals surface area contributed by atoms with Gasteiger partial charge in [0.1, 0.15) is 5.78 Å². The van der Waals surface area contributed by atoms with Gasteiger partial charge in [0, 0.05) is 28.6 Å². The summed E-state index contributed by atoms with van der Waals surface area (Å²) in [7, 11) is 0. The van der Waals surface area contributed by atoms with Crippen LogP contribution in [0.4, 0.5) is 0 Å². The highest BCUT2D eigenvalue weighted by Crippen LogP contribution is 2.43. The van der Waals surface area contributed by atoms with Crippen molar-refractivity contribution < 1.29 is 4.79 Å². The molecule has 0 amide bonds. The number of rotatable bonds is 6. The fourth-order valence-corrected chi connectivity index (χ4v) is 6.07. The molecular weight excluding hydrogens is 462 g/mol. The van der Waals surface area contributed by atoms with Gasteiger partial charge in [0.2, 0.25) is 0 Å². The van der Waals surface area contributed by atoms with Gasteiger partial charge in [-0.15, -0.1) is 5.73 Å². The smallest absolute Gasteiger partial charge is 0.141 e. The molecule has 0 aromatic heterocycles. The number of nitrogens with one attached hydrogen (secondary N) is 1. The highest BCUT2D eigenvalue weighted by molar-refractivity contribution is 6.34. The van der Waals surface area contributed by atoms with Gasteiger partial charge in [0.15, 0.2) is 0 Å². The molecular formula is C33H32ClNO. The molecule has 3 aliphatic carbocycles. The minimum atomic E-state index is 0.0271. The molecule has 2 atom stereocenters. The average Bonchev–Trinajstić information content (AvgIpc) is 3.12. The second-order valence-corrected chi connectivity index (χ2v) is 10.5. The first-order valence-electron chi connectivity index (χ1n) is 13.1. The number of carbonyl (C=O) groups excluding carboxylic acids is 1. The van der Waals surface area contributed by atoms with Gasteiger partial charge in [0.25, 0.3) is 0 Å². The Hall–Kier alpha value is -3.19. The van der Waals surface area contributed by atoms with E-state index < -0.39 is 0 Å². The van der Waals surface area contributed by atoms with Crippen LogP contribution in [0.3, 0.4) is 0 Å². The normalized spacial score (nSPS) is 23.1. The van der Waals surface area contributed by atoms with Crippen molar-refractivity contribution in [3.05, 3.63) is 118 Å². The lowest BCUT2D eigenvalue weighted by Gasteiger charge is -2.21. The summed E-state index contributed by atoms with van der Waals surface area (Å²) in [5, 5.41) is 8.99.